The summed E-state index contributed by atoms with van der Waals surface area (Å²) >= 11 is 6.47. The lowest BCUT2D eigenvalue weighted by Crippen LogP contribution is -2.07. The summed E-state index contributed by atoms with van der Waals surface area (Å²) in [5.41, 5.74) is 4.01. The van der Waals surface area contributed by atoms with Crippen LogP contribution in [0.15, 0.2) is 48.8 Å². The molecule has 1 aromatic heterocycles. The van der Waals surface area contributed by atoms with Crippen LogP contribution >= 0.6 is 11.6 Å². The summed E-state index contributed by atoms with van der Waals surface area (Å²) < 4.78 is 0. The van der Waals surface area contributed by atoms with Crippen molar-refractivity contribution in [3.63, 3.8) is 0 Å². The molecule has 1 atom stereocenters. The normalized spacial score (nSPS) is 12.3. The van der Waals surface area contributed by atoms with E-state index in [1.165, 1.54) is 16.7 Å². The Kier molecular flexibility index (Phi) is 5.41. The third kappa shape index (κ3) is 4.36. The zero-order chi connectivity index (χ0) is 13.5. The van der Waals surface area contributed by atoms with Crippen LogP contribution in [0.1, 0.15) is 30.0 Å². The van der Waals surface area contributed by atoms with E-state index in [2.05, 4.69) is 42.2 Å². The first-order chi connectivity index (χ1) is 9.29. The summed E-state index contributed by atoms with van der Waals surface area (Å²) in [6.07, 6.45) is 7.82. The Bertz CT molecular complexity index is 496. The van der Waals surface area contributed by atoms with Crippen molar-refractivity contribution in [2.24, 2.45) is 0 Å². The fraction of sp³-hybridized carbons (Fsp3) is 0.353. The monoisotopic (exact) mass is 273 g/mol. The van der Waals surface area contributed by atoms with E-state index in [-0.39, 0.29) is 5.38 Å². The van der Waals surface area contributed by atoms with Gasteiger partial charge in [-0.1, -0.05) is 37.3 Å². The molecule has 0 fully saturated rings. The highest BCUT2D eigenvalue weighted by molar-refractivity contribution is 6.20. The van der Waals surface area contributed by atoms with Crippen LogP contribution in [-0.4, -0.2) is 10.4 Å². The fourth-order valence-corrected chi connectivity index (χ4v) is 2.56. The Labute approximate surface area is 120 Å². The quantitative estimate of drug-likeness (QED) is 0.710. The van der Waals surface area contributed by atoms with Crippen molar-refractivity contribution in [1.82, 2.24) is 4.98 Å². The summed E-state index contributed by atoms with van der Waals surface area (Å²) in [5, 5.41) is 0.188. The second kappa shape index (κ2) is 7.30. The van der Waals surface area contributed by atoms with Crippen LogP contribution in [-0.2, 0) is 19.3 Å². The Morgan fingerprint density at radius 3 is 2.63 bits per heavy atom. The number of aryl methyl sites for hydroxylation is 2. The van der Waals surface area contributed by atoms with Gasteiger partial charge in [0.1, 0.15) is 0 Å². The predicted octanol–water partition coefficient (Wildman–Crippen LogP) is 4.43. The summed E-state index contributed by atoms with van der Waals surface area (Å²) in [6.45, 7) is 2.16. The lowest BCUT2D eigenvalue weighted by molar-refractivity contribution is 0.738. The Hall–Kier alpha value is -1.34. The standard InChI is InChI=1S/C17H20ClN/c1-2-15-13-19-11-10-16(15)12-17(18)9-8-14-6-4-3-5-7-14/h3-7,10-11,13,17H,2,8-9,12H2,1H3. The highest BCUT2D eigenvalue weighted by Crippen LogP contribution is 2.17. The van der Waals surface area contributed by atoms with Gasteiger partial charge in [0.05, 0.1) is 0 Å². The van der Waals surface area contributed by atoms with E-state index in [9.17, 15) is 0 Å². The third-order valence-corrected chi connectivity index (χ3v) is 3.79. The van der Waals surface area contributed by atoms with Crippen molar-refractivity contribution in [1.29, 1.82) is 0 Å². The minimum absolute atomic E-state index is 0.188. The average molecular weight is 274 g/mol. The largest absolute Gasteiger partial charge is 0.264 e. The lowest BCUT2D eigenvalue weighted by Gasteiger charge is -2.12. The van der Waals surface area contributed by atoms with E-state index < -0.39 is 0 Å². The molecule has 0 spiro atoms. The highest BCUT2D eigenvalue weighted by Gasteiger charge is 2.09. The lowest BCUT2D eigenvalue weighted by atomic mass is 10.00. The van der Waals surface area contributed by atoms with Gasteiger partial charge in [0, 0.05) is 17.8 Å². The molecule has 2 rings (SSSR count). The minimum Gasteiger partial charge on any atom is -0.264 e. The van der Waals surface area contributed by atoms with Gasteiger partial charge in [-0.15, -0.1) is 11.6 Å². The number of halogens is 1. The van der Waals surface area contributed by atoms with E-state index in [1.54, 1.807) is 0 Å². The Morgan fingerprint density at radius 2 is 1.89 bits per heavy atom. The van der Waals surface area contributed by atoms with E-state index >= 15 is 0 Å². The number of benzene rings is 1. The molecule has 0 aliphatic heterocycles. The molecule has 19 heavy (non-hydrogen) atoms. The van der Waals surface area contributed by atoms with Gasteiger partial charge in [-0.3, -0.25) is 4.98 Å². The van der Waals surface area contributed by atoms with Crippen molar-refractivity contribution >= 4 is 11.6 Å². The first-order valence-corrected chi connectivity index (χ1v) is 7.33. The zero-order valence-corrected chi connectivity index (χ0v) is 12.1. The first-order valence-electron chi connectivity index (χ1n) is 6.89. The highest BCUT2D eigenvalue weighted by atomic mass is 35.5. The van der Waals surface area contributed by atoms with Crippen molar-refractivity contribution in [2.75, 3.05) is 0 Å². The Morgan fingerprint density at radius 1 is 1.11 bits per heavy atom. The second-order valence-electron chi connectivity index (χ2n) is 4.82. The maximum atomic E-state index is 6.47. The molecule has 0 radical (unpaired) electrons. The second-order valence-corrected chi connectivity index (χ2v) is 5.44. The van der Waals surface area contributed by atoms with Crippen LogP contribution < -0.4 is 0 Å². The van der Waals surface area contributed by atoms with E-state index in [0.717, 1.165) is 25.7 Å². The summed E-state index contributed by atoms with van der Waals surface area (Å²) in [7, 11) is 0. The summed E-state index contributed by atoms with van der Waals surface area (Å²) in [6, 6.07) is 12.6. The molecule has 1 aromatic carbocycles. The smallest absolute Gasteiger partial charge is 0.0379 e. The molecule has 100 valence electrons. The van der Waals surface area contributed by atoms with Crippen molar-refractivity contribution in [3.8, 4) is 0 Å². The van der Waals surface area contributed by atoms with Gasteiger partial charge < -0.3 is 0 Å². The van der Waals surface area contributed by atoms with Gasteiger partial charge in [0.2, 0.25) is 0 Å². The van der Waals surface area contributed by atoms with Gasteiger partial charge in [0.15, 0.2) is 0 Å². The van der Waals surface area contributed by atoms with Crippen LogP contribution in [0.4, 0.5) is 0 Å². The molecule has 0 saturated carbocycles. The number of pyridine rings is 1. The minimum atomic E-state index is 0.188. The van der Waals surface area contributed by atoms with Crippen LogP contribution in [0.25, 0.3) is 0 Å². The van der Waals surface area contributed by atoms with Crippen molar-refractivity contribution < 1.29 is 0 Å². The molecular weight excluding hydrogens is 254 g/mol. The number of nitrogens with zero attached hydrogens (tertiary/aromatic N) is 1. The molecule has 0 aliphatic carbocycles. The molecular formula is C17H20ClN. The van der Waals surface area contributed by atoms with Crippen LogP contribution in [0, 0.1) is 0 Å². The van der Waals surface area contributed by atoms with Gasteiger partial charge in [-0.05, 0) is 48.4 Å². The topological polar surface area (TPSA) is 12.9 Å². The van der Waals surface area contributed by atoms with Gasteiger partial charge >= 0.3 is 0 Å². The number of rotatable bonds is 6. The summed E-state index contributed by atoms with van der Waals surface area (Å²) in [5.74, 6) is 0. The molecule has 2 heteroatoms. The van der Waals surface area contributed by atoms with Gasteiger partial charge in [-0.25, -0.2) is 0 Å². The molecule has 1 heterocycles. The molecule has 0 saturated heterocycles. The third-order valence-electron chi connectivity index (χ3n) is 3.42. The van der Waals surface area contributed by atoms with Crippen molar-refractivity contribution in [2.45, 2.75) is 38.0 Å². The van der Waals surface area contributed by atoms with E-state index in [1.807, 2.05) is 18.5 Å². The molecule has 1 nitrogen and oxygen atoms in total. The molecule has 1 unspecified atom stereocenters. The number of alkyl halides is 1. The molecule has 0 N–H and O–H groups in total. The summed E-state index contributed by atoms with van der Waals surface area (Å²) in [4.78, 5) is 4.17. The van der Waals surface area contributed by atoms with E-state index in [4.69, 9.17) is 11.6 Å². The molecule has 0 amide bonds. The maximum absolute atomic E-state index is 6.47. The molecule has 0 bridgehead atoms. The average Bonchev–Trinajstić information content (AvgIpc) is 2.47. The van der Waals surface area contributed by atoms with Gasteiger partial charge in [0.25, 0.3) is 0 Å². The van der Waals surface area contributed by atoms with Gasteiger partial charge in [-0.2, -0.15) is 0 Å². The first kappa shape index (κ1) is 14.1. The van der Waals surface area contributed by atoms with Crippen LogP contribution in [0.3, 0.4) is 0 Å². The van der Waals surface area contributed by atoms with Crippen molar-refractivity contribution in [3.05, 3.63) is 65.5 Å². The predicted molar refractivity (Wildman–Crippen MR) is 81.7 cm³/mol. The Balaban J connectivity index is 1.89. The zero-order valence-electron chi connectivity index (χ0n) is 11.3. The van der Waals surface area contributed by atoms with Crippen LogP contribution in [0.2, 0.25) is 0 Å². The maximum Gasteiger partial charge on any atom is 0.0379 e. The number of hydrogen-bond donors (Lipinski definition) is 0. The number of aromatic nitrogens is 1. The molecule has 2 aromatic rings. The van der Waals surface area contributed by atoms with E-state index in [0.29, 0.717) is 0 Å². The van der Waals surface area contributed by atoms with Crippen LogP contribution in [0.5, 0.6) is 0 Å². The number of hydrogen-bond acceptors (Lipinski definition) is 1. The SMILES string of the molecule is CCc1cnccc1CC(Cl)CCc1ccccc1. The fourth-order valence-electron chi connectivity index (χ4n) is 2.28. The molecule has 0 aliphatic rings.